The molecule has 0 bridgehead atoms. The van der Waals surface area contributed by atoms with Gasteiger partial charge in [-0.15, -0.1) is 11.3 Å². The summed E-state index contributed by atoms with van der Waals surface area (Å²) in [5.41, 5.74) is 1.21. The lowest BCUT2D eigenvalue weighted by Gasteiger charge is -2.23. The average molecular weight is 264 g/mol. The van der Waals surface area contributed by atoms with E-state index in [9.17, 15) is 0 Å². The molecule has 0 saturated heterocycles. The molecule has 0 spiro atoms. The summed E-state index contributed by atoms with van der Waals surface area (Å²) >= 11 is 1.81. The zero-order chi connectivity index (χ0) is 13.0. The van der Waals surface area contributed by atoms with E-state index in [1.165, 1.54) is 10.4 Å². The minimum absolute atomic E-state index is 0.417. The highest BCUT2D eigenvalue weighted by molar-refractivity contribution is 7.10. The van der Waals surface area contributed by atoms with Crippen molar-refractivity contribution in [3.05, 3.63) is 46.0 Å². The third kappa shape index (κ3) is 3.22. The van der Waals surface area contributed by atoms with Crippen molar-refractivity contribution in [1.29, 1.82) is 0 Å². The second-order valence-corrected chi connectivity index (χ2v) is 5.63. The molecular formula is C14H20N2OS. The fourth-order valence-electron chi connectivity index (χ4n) is 1.93. The third-order valence-corrected chi connectivity index (χ3v) is 4.06. The Labute approximate surface area is 112 Å². The molecule has 1 N–H and O–H groups in total. The molecule has 2 heterocycles. The molecule has 2 aromatic rings. The number of thiophene rings is 1. The van der Waals surface area contributed by atoms with Crippen LogP contribution in [0, 0.1) is 6.92 Å². The van der Waals surface area contributed by atoms with Crippen LogP contribution in [0.3, 0.4) is 0 Å². The average Bonchev–Trinajstić information content (AvgIpc) is 2.96. The highest BCUT2D eigenvalue weighted by atomic mass is 32.1. The van der Waals surface area contributed by atoms with Crippen LogP contribution in [-0.4, -0.2) is 25.5 Å². The first-order chi connectivity index (χ1) is 8.68. The summed E-state index contributed by atoms with van der Waals surface area (Å²) < 4.78 is 5.42. The van der Waals surface area contributed by atoms with Crippen molar-refractivity contribution >= 4 is 11.3 Å². The fraction of sp³-hybridized carbons (Fsp3) is 0.429. The van der Waals surface area contributed by atoms with E-state index < -0.39 is 0 Å². The van der Waals surface area contributed by atoms with Gasteiger partial charge in [-0.1, -0.05) is 6.07 Å². The third-order valence-electron chi connectivity index (χ3n) is 3.09. The molecule has 0 amide bonds. The molecular weight excluding hydrogens is 244 g/mol. The van der Waals surface area contributed by atoms with E-state index in [4.69, 9.17) is 4.42 Å². The van der Waals surface area contributed by atoms with Crippen LogP contribution in [0.4, 0.5) is 0 Å². The molecule has 0 aliphatic rings. The number of furan rings is 1. The van der Waals surface area contributed by atoms with Gasteiger partial charge >= 0.3 is 0 Å². The van der Waals surface area contributed by atoms with Gasteiger partial charge in [-0.2, -0.15) is 0 Å². The van der Waals surface area contributed by atoms with Crippen LogP contribution >= 0.6 is 11.3 Å². The lowest BCUT2D eigenvalue weighted by atomic mass is 10.2. The first-order valence-electron chi connectivity index (χ1n) is 6.12. The number of hydrogen-bond acceptors (Lipinski definition) is 4. The molecule has 0 fully saturated rings. The van der Waals surface area contributed by atoms with Crippen molar-refractivity contribution in [3.8, 4) is 0 Å². The number of likely N-dealkylation sites (N-methyl/N-ethyl adjacent to an activating group) is 1. The Morgan fingerprint density at radius 1 is 1.39 bits per heavy atom. The molecule has 2 aromatic heterocycles. The van der Waals surface area contributed by atoms with Crippen molar-refractivity contribution in [1.82, 2.24) is 10.2 Å². The van der Waals surface area contributed by atoms with Crippen molar-refractivity contribution in [2.45, 2.75) is 19.5 Å². The van der Waals surface area contributed by atoms with Gasteiger partial charge in [-0.05, 0) is 44.1 Å². The van der Waals surface area contributed by atoms with Crippen molar-refractivity contribution < 1.29 is 4.42 Å². The van der Waals surface area contributed by atoms with E-state index in [1.54, 1.807) is 17.6 Å². The standard InChI is InChI=1S/C14H20N2OS/c1-11-6-7-17-13(11)10-15-9-12(16(2)3)14-5-4-8-18-14/h4-8,12,15H,9-10H2,1-3H3. The number of nitrogens with one attached hydrogen (secondary N) is 1. The predicted octanol–water partition coefficient (Wildman–Crippen LogP) is 3.04. The smallest absolute Gasteiger partial charge is 0.120 e. The summed E-state index contributed by atoms with van der Waals surface area (Å²) in [7, 11) is 4.23. The maximum absolute atomic E-state index is 5.42. The van der Waals surface area contributed by atoms with E-state index in [0.29, 0.717) is 6.04 Å². The predicted molar refractivity (Wildman–Crippen MR) is 75.9 cm³/mol. The number of hydrogen-bond donors (Lipinski definition) is 1. The largest absolute Gasteiger partial charge is 0.468 e. The Kier molecular flexibility index (Phi) is 4.58. The molecule has 0 radical (unpaired) electrons. The molecule has 3 nitrogen and oxygen atoms in total. The molecule has 0 saturated carbocycles. The second-order valence-electron chi connectivity index (χ2n) is 4.65. The first-order valence-corrected chi connectivity index (χ1v) is 7.00. The minimum atomic E-state index is 0.417. The summed E-state index contributed by atoms with van der Waals surface area (Å²) in [6.45, 7) is 3.78. The number of rotatable bonds is 6. The van der Waals surface area contributed by atoms with Gasteiger partial charge in [0.2, 0.25) is 0 Å². The topological polar surface area (TPSA) is 28.4 Å². The molecule has 1 atom stereocenters. The Morgan fingerprint density at radius 3 is 2.78 bits per heavy atom. The van der Waals surface area contributed by atoms with Crippen LogP contribution in [0.1, 0.15) is 22.2 Å². The SMILES string of the molecule is Cc1ccoc1CNCC(c1cccs1)N(C)C. The summed E-state index contributed by atoms with van der Waals surface area (Å²) in [6, 6.07) is 6.71. The van der Waals surface area contributed by atoms with Gasteiger partial charge in [-0.25, -0.2) is 0 Å². The van der Waals surface area contributed by atoms with E-state index in [1.807, 2.05) is 6.07 Å². The Morgan fingerprint density at radius 2 is 2.22 bits per heavy atom. The molecule has 0 aromatic carbocycles. The van der Waals surface area contributed by atoms with Gasteiger partial charge in [0.15, 0.2) is 0 Å². The highest BCUT2D eigenvalue weighted by Gasteiger charge is 2.14. The van der Waals surface area contributed by atoms with E-state index in [2.05, 4.69) is 48.7 Å². The van der Waals surface area contributed by atoms with Crippen LogP contribution in [0.15, 0.2) is 34.3 Å². The molecule has 98 valence electrons. The van der Waals surface area contributed by atoms with Crippen LogP contribution in [0.25, 0.3) is 0 Å². The van der Waals surface area contributed by atoms with Crippen LogP contribution in [0.2, 0.25) is 0 Å². The van der Waals surface area contributed by atoms with Crippen molar-refractivity contribution in [3.63, 3.8) is 0 Å². The van der Waals surface area contributed by atoms with Crippen molar-refractivity contribution in [2.24, 2.45) is 0 Å². The minimum Gasteiger partial charge on any atom is -0.468 e. The number of nitrogens with zero attached hydrogens (tertiary/aromatic N) is 1. The first kappa shape index (κ1) is 13.3. The summed E-state index contributed by atoms with van der Waals surface area (Å²) in [5, 5.41) is 5.60. The zero-order valence-corrected chi connectivity index (χ0v) is 12.0. The van der Waals surface area contributed by atoms with E-state index in [-0.39, 0.29) is 0 Å². The summed E-state index contributed by atoms with van der Waals surface area (Å²) in [4.78, 5) is 3.64. The normalized spacial score (nSPS) is 13.1. The van der Waals surface area contributed by atoms with Crippen LogP contribution < -0.4 is 5.32 Å². The monoisotopic (exact) mass is 264 g/mol. The fourth-order valence-corrected chi connectivity index (χ4v) is 2.85. The highest BCUT2D eigenvalue weighted by Crippen LogP contribution is 2.22. The quantitative estimate of drug-likeness (QED) is 0.869. The lowest BCUT2D eigenvalue weighted by Crippen LogP contribution is -2.30. The Bertz CT molecular complexity index is 462. The van der Waals surface area contributed by atoms with Crippen LogP contribution in [-0.2, 0) is 6.54 Å². The molecule has 0 aliphatic carbocycles. The van der Waals surface area contributed by atoms with Gasteiger partial charge < -0.3 is 14.6 Å². The molecule has 4 heteroatoms. The van der Waals surface area contributed by atoms with Gasteiger partial charge in [0.25, 0.3) is 0 Å². The van der Waals surface area contributed by atoms with Crippen molar-refractivity contribution in [2.75, 3.05) is 20.6 Å². The van der Waals surface area contributed by atoms with E-state index >= 15 is 0 Å². The lowest BCUT2D eigenvalue weighted by molar-refractivity contribution is 0.289. The van der Waals surface area contributed by atoms with Gasteiger partial charge in [0.05, 0.1) is 18.8 Å². The molecule has 0 aliphatic heterocycles. The zero-order valence-electron chi connectivity index (χ0n) is 11.1. The van der Waals surface area contributed by atoms with Gasteiger partial charge in [0, 0.05) is 11.4 Å². The molecule has 18 heavy (non-hydrogen) atoms. The number of aryl methyl sites for hydroxylation is 1. The van der Waals surface area contributed by atoms with Gasteiger partial charge in [-0.3, -0.25) is 0 Å². The Balaban J connectivity index is 1.89. The maximum atomic E-state index is 5.42. The second kappa shape index (κ2) is 6.18. The maximum Gasteiger partial charge on any atom is 0.120 e. The Hall–Kier alpha value is -1.10. The van der Waals surface area contributed by atoms with E-state index in [0.717, 1.165) is 18.8 Å². The van der Waals surface area contributed by atoms with Gasteiger partial charge in [0.1, 0.15) is 5.76 Å². The summed E-state index contributed by atoms with van der Waals surface area (Å²) in [5.74, 6) is 1.03. The molecule has 1 unspecified atom stereocenters. The summed E-state index contributed by atoms with van der Waals surface area (Å²) in [6.07, 6.45) is 1.75. The van der Waals surface area contributed by atoms with Crippen LogP contribution in [0.5, 0.6) is 0 Å². The molecule has 2 rings (SSSR count).